The molecule has 0 amide bonds. The second-order valence-corrected chi connectivity index (χ2v) is 6.72. The summed E-state index contributed by atoms with van der Waals surface area (Å²) in [4.78, 5) is 0. The van der Waals surface area contributed by atoms with Gasteiger partial charge in [0.1, 0.15) is 0 Å². The molecule has 0 bridgehead atoms. The van der Waals surface area contributed by atoms with Gasteiger partial charge in [0.2, 0.25) is 10.3 Å². The Hall–Kier alpha value is -0.350. The fourth-order valence-electron chi connectivity index (χ4n) is 2.76. The van der Waals surface area contributed by atoms with Crippen molar-refractivity contribution in [3.8, 4) is 0 Å². The highest BCUT2D eigenvalue weighted by atomic mass is 32.2. The van der Waals surface area contributed by atoms with E-state index in [1.807, 2.05) is 0 Å². The Morgan fingerprint density at radius 1 is 0.750 bits per heavy atom. The predicted octanol–water partition coefficient (Wildman–Crippen LogP) is 3.67. The Bertz CT molecular complexity index is 320. The summed E-state index contributed by atoms with van der Waals surface area (Å²) >= 11 is 0. The molecule has 0 unspecified atom stereocenters. The monoisotopic (exact) mass is 304 g/mol. The molecular weight excluding hydrogens is 270 g/mol. The van der Waals surface area contributed by atoms with Crippen molar-refractivity contribution in [1.29, 1.82) is 0 Å². The Morgan fingerprint density at radius 3 is 1.50 bits per heavy atom. The van der Waals surface area contributed by atoms with Crippen molar-refractivity contribution < 1.29 is 12.9 Å². The Morgan fingerprint density at radius 2 is 1.15 bits per heavy atom. The lowest BCUT2D eigenvalue weighted by atomic mass is 10.1. The Kier molecular flexibility index (Phi) is 12.2. The van der Waals surface area contributed by atoms with Gasteiger partial charge in [-0.15, -0.1) is 0 Å². The van der Waals surface area contributed by atoms with Crippen LogP contribution in [0.3, 0.4) is 0 Å². The minimum absolute atomic E-state index is 0.695. The summed E-state index contributed by atoms with van der Waals surface area (Å²) in [6.45, 7) is 11.7. The van der Waals surface area contributed by atoms with E-state index in [2.05, 4.69) is 20.8 Å². The van der Waals surface area contributed by atoms with Crippen molar-refractivity contribution in [2.24, 2.45) is 0 Å². The maximum absolute atomic E-state index is 10.6. The smallest absolute Gasteiger partial charge is 0.209 e. The van der Waals surface area contributed by atoms with E-state index in [0.717, 1.165) is 13.0 Å². The standard InChI is InChI=1S/C16H34NO2S/c1-4-7-12-17(13-8-5-2,14-9-6-3)15-10-11-16-20(18)19/h16H,4-15H2,1-3H3/q+1. The Labute approximate surface area is 127 Å². The molecule has 0 aliphatic heterocycles. The summed E-state index contributed by atoms with van der Waals surface area (Å²) < 4.78 is 22.4. The third-order valence-electron chi connectivity index (χ3n) is 4.05. The van der Waals surface area contributed by atoms with E-state index in [0.29, 0.717) is 6.42 Å². The van der Waals surface area contributed by atoms with E-state index >= 15 is 0 Å². The third-order valence-corrected chi connectivity index (χ3v) is 4.56. The van der Waals surface area contributed by atoms with E-state index in [1.54, 1.807) is 0 Å². The number of quaternary nitrogens is 1. The number of hydrogen-bond donors (Lipinski definition) is 0. The molecule has 0 spiro atoms. The second kappa shape index (κ2) is 12.4. The first-order valence-corrected chi connectivity index (χ1v) is 9.50. The van der Waals surface area contributed by atoms with Gasteiger partial charge in [0.15, 0.2) is 0 Å². The minimum atomic E-state index is -1.99. The molecule has 0 aliphatic carbocycles. The van der Waals surface area contributed by atoms with Crippen molar-refractivity contribution in [2.45, 2.75) is 72.1 Å². The van der Waals surface area contributed by atoms with Gasteiger partial charge in [-0.1, -0.05) is 40.0 Å². The maximum Gasteiger partial charge on any atom is 0.209 e. The van der Waals surface area contributed by atoms with E-state index < -0.39 is 10.3 Å². The minimum Gasteiger partial charge on any atom is -0.324 e. The molecule has 0 fully saturated rings. The lowest BCUT2D eigenvalue weighted by Gasteiger charge is -2.39. The van der Waals surface area contributed by atoms with Crippen molar-refractivity contribution in [3.05, 3.63) is 0 Å². The van der Waals surface area contributed by atoms with Crippen LogP contribution < -0.4 is 0 Å². The summed E-state index contributed by atoms with van der Waals surface area (Å²) in [6.07, 6.45) is 9.27. The average molecular weight is 305 g/mol. The zero-order valence-corrected chi connectivity index (χ0v) is 14.6. The van der Waals surface area contributed by atoms with Gasteiger partial charge in [-0.05, 0) is 25.7 Å². The van der Waals surface area contributed by atoms with Crippen LogP contribution >= 0.6 is 0 Å². The summed E-state index contributed by atoms with van der Waals surface area (Å²) in [5, 5.41) is 1.41. The predicted molar refractivity (Wildman–Crippen MR) is 88.7 cm³/mol. The summed E-state index contributed by atoms with van der Waals surface area (Å²) in [6, 6.07) is 0. The van der Waals surface area contributed by atoms with Gasteiger partial charge in [0.05, 0.1) is 26.2 Å². The molecule has 0 radical (unpaired) electrons. The molecule has 0 saturated carbocycles. The molecular formula is C16H34NO2S+. The van der Waals surface area contributed by atoms with Gasteiger partial charge in [-0.2, -0.15) is 8.42 Å². The SMILES string of the molecule is CCCC[N+](CCCC)(CCCC)CCCC=S(=O)=O. The van der Waals surface area contributed by atoms with Gasteiger partial charge in [-0.3, -0.25) is 0 Å². The molecule has 20 heavy (non-hydrogen) atoms. The maximum atomic E-state index is 10.6. The Balaban J connectivity index is 4.60. The van der Waals surface area contributed by atoms with Gasteiger partial charge < -0.3 is 4.48 Å². The van der Waals surface area contributed by atoms with Crippen molar-refractivity contribution >= 4 is 15.7 Å². The van der Waals surface area contributed by atoms with Crippen LogP contribution in [0.4, 0.5) is 0 Å². The van der Waals surface area contributed by atoms with Gasteiger partial charge >= 0.3 is 0 Å². The molecule has 4 heteroatoms. The van der Waals surface area contributed by atoms with Gasteiger partial charge in [0, 0.05) is 11.8 Å². The van der Waals surface area contributed by atoms with Crippen LogP contribution in [0.25, 0.3) is 0 Å². The highest BCUT2D eigenvalue weighted by Gasteiger charge is 2.24. The van der Waals surface area contributed by atoms with Crippen LogP contribution in [-0.2, 0) is 10.3 Å². The second-order valence-electron chi connectivity index (χ2n) is 5.87. The average Bonchev–Trinajstić information content (AvgIpc) is 2.44. The molecule has 0 heterocycles. The number of unbranched alkanes of at least 4 members (excludes halogenated alkanes) is 4. The normalized spacial score (nSPS) is 11.6. The molecule has 120 valence electrons. The highest BCUT2D eigenvalue weighted by Crippen LogP contribution is 2.16. The first-order chi connectivity index (χ1) is 9.60. The number of rotatable bonds is 13. The molecule has 0 aromatic heterocycles. The fourth-order valence-corrected chi connectivity index (χ4v) is 3.12. The molecule has 3 nitrogen and oxygen atoms in total. The molecule has 0 atom stereocenters. The van der Waals surface area contributed by atoms with E-state index in [4.69, 9.17) is 0 Å². The molecule has 0 aromatic carbocycles. The first kappa shape index (κ1) is 19.7. The first-order valence-electron chi connectivity index (χ1n) is 8.36. The largest absolute Gasteiger partial charge is 0.324 e. The van der Waals surface area contributed by atoms with E-state index in [9.17, 15) is 8.42 Å². The lowest BCUT2D eigenvalue weighted by Crippen LogP contribution is -2.50. The number of nitrogens with zero attached hydrogens (tertiary/aromatic N) is 1. The van der Waals surface area contributed by atoms with Crippen molar-refractivity contribution in [2.75, 3.05) is 26.2 Å². The summed E-state index contributed by atoms with van der Waals surface area (Å²) in [7, 11) is -1.99. The van der Waals surface area contributed by atoms with Crippen molar-refractivity contribution in [3.63, 3.8) is 0 Å². The molecule has 0 saturated heterocycles. The molecule has 0 aliphatic rings. The number of hydrogen-bond acceptors (Lipinski definition) is 2. The van der Waals surface area contributed by atoms with Crippen LogP contribution in [0, 0.1) is 0 Å². The summed E-state index contributed by atoms with van der Waals surface area (Å²) in [5.41, 5.74) is 0. The topological polar surface area (TPSA) is 34.1 Å². The zero-order chi connectivity index (χ0) is 15.3. The van der Waals surface area contributed by atoms with Crippen LogP contribution in [0.2, 0.25) is 0 Å². The molecule has 0 rings (SSSR count). The third kappa shape index (κ3) is 9.54. The van der Waals surface area contributed by atoms with Gasteiger partial charge in [0.25, 0.3) is 0 Å². The van der Waals surface area contributed by atoms with Gasteiger partial charge in [-0.25, -0.2) is 0 Å². The molecule has 0 N–H and O–H groups in total. The quantitative estimate of drug-likeness (QED) is 0.295. The van der Waals surface area contributed by atoms with Crippen LogP contribution in [0.15, 0.2) is 0 Å². The van der Waals surface area contributed by atoms with Crippen LogP contribution in [0.5, 0.6) is 0 Å². The highest BCUT2D eigenvalue weighted by molar-refractivity contribution is 7.71. The van der Waals surface area contributed by atoms with Crippen LogP contribution in [0.1, 0.15) is 72.1 Å². The fraction of sp³-hybridized carbons (Fsp3) is 0.938. The van der Waals surface area contributed by atoms with Crippen molar-refractivity contribution in [1.82, 2.24) is 0 Å². The van der Waals surface area contributed by atoms with Crippen LogP contribution in [-0.4, -0.2) is 44.4 Å². The summed E-state index contributed by atoms with van der Waals surface area (Å²) in [5.74, 6) is 0. The molecule has 0 aromatic rings. The van der Waals surface area contributed by atoms with E-state index in [1.165, 1.54) is 68.0 Å². The van der Waals surface area contributed by atoms with E-state index in [-0.39, 0.29) is 0 Å². The lowest BCUT2D eigenvalue weighted by molar-refractivity contribution is -0.929. The zero-order valence-electron chi connectivity index (χ0n) is 13.7.